The Morgan fingerprint density at radius 1 is 1.24 bits per heavy atom. The van der Waals surface area contributed by atoms with Crippen LogP contribution in [0.2, 0.25) is 0 Å². The number of piperazine rings is 1. The van der Waals surface area contributed by atoms with Gasteiger partial charge in [-0.05, 0) is 26.3 Å². The highest BCUT2D eigenvalue weighted by Gasteiger charge is 2.29. The minimum absolute atomic E-state index is 0.314. The second kappa shape index (κ2) is 6.14. The number of hydrogen-bond donors (Lipinski definition) is 1. The first-order valence-corrected chi connectivity index (χ1v) is 7.01. The van der Waals surface area contributed by atoms with E-state index in [4.69, 9.17) is 10.5 Å². The summed E-state index contributed by atoms with van der Waals surface area (Å²) in [6.45, 7) is 7.62. The SMILES string of the molecule is CCC1CN(CC2CCC(CN)O2)CCN1C. The van der Waals surface area contributed by atoms with Crippen LogP contribution in [-0.4, -0.2) is 67.8 Å². The predicted molar refractivity (Wildman–Crippen MR) is 70.1 cm³/mol. The van der Waals surface area contributed by atoms with Crippen LogP contribution in [0.5, 0.6) is 0 Å². The molecule has 0 spiro atoms. The van der Waals surface area contributed by atoms with Crippen molar-refractivity contribution in [1.82, 2.24) is 9.80 Å². The molecule has 0 aromatic heterocycles. The van der Waals surface area contributed by atoms with Gasteiger partial charge in [0.15, 0.2) is 0 Å². The summed E-state index contributed by atoms with van der Waals surface area (Å²) < 4.78 is 5.93. The normalized spacial score (nSPS) is 36.5. The molecule has 4 nitrogen and oxygen atoms in total. The summed E-state index contributed by atoms with van der Waals surface area (Å²) >= 11 is 0. The molecule has 2 heterocycles. The van der Waals surface area contributed by atoms with Crippen molar-refractivity contribution >= 4 is 0 Å². The number of ether oxygens (including phenoxy) is 1. The molecule has 3 atom stereocenters. The molecule has 2 aliphatic rings. The summed E-state index contributed by atoms with van der Waals surface area (Å²) in [5.41, 5.74) is 5.65. The standard InChI is InChI=1S/C13H27N3O/c1-3-11-9-16(7-6-15(11)2)10-13-5-4-12(8-14)17-13/h11-13H,3-10,14H2,1-2H3. The third-order valence-corrected chi connectivity index (χ3v) is 4.25. The van der Waals surface area contributed by atoms with E-state index in [0.29, 0.717) is 18.8 Å². The summed E-state index contributed by atoms with van der Waals surface area (Å²) in [6.07, 6.45) is 4.31. The molecule has 2 saturated heterocycles. The average Bonchev–Trinajstić information content (AvgIpc) is 2.79. The van der Waals surface area contributed by atoms with Gasteiger partial charge >= 0.3 is 0 Å². The maximum atomic E-state index is 5.93. The minimum atomic E-state index is 0.314. The van der Waals surface area contributed by atoms with Crippen LogP contribution in [0.3, 0.4) is 0 Å². The third-order valence-electron chi connectivity index (χ3n) is 4.25. The molecular weight excluding hydrogens is 214 g/mol. The number of hydrogen-bond acceptors (Lipinski definition) is 4. The van der Waals surface area contributed by atoms with Crippen molar-refractivity contribution in [3.63, 3.8) is 0 Å². The summed E-state index contributed by atoms with van der Waals surface area (Å²) in [5.74, 6) is 0. The lowest BCUT2D eigenvalue weighted by atomic mass is 10.1. The number of nitrogens with two attached hydrogens (primary N) is 1. The van der Waals surface area contributed by atoms with Gasteiger partial charge in [0, 0.05) is 38.8 Å². The number of nitrogens with zero attached hydrogens (tertiary/aromatic N) is 2. The maximum Gasteiger partial charge on any atom is 0.0707 e. The van der Waals surface area contributed by atoms with Gasteiger partial charge in [0.25, 0.3) is 0 Å². The van der Waals surface area contributed by atoms with Gasteiger partial charge in [-0.25, -0.2) is 0 Å². The molecule has 2 N–H and O–H groups in total. The Labute approximate surface area is 105 Å². The van der Waals surface area contributed by atoms with E-state index in [0.717, 1.165) is 19.0 Å². The van der Waals surface area contributed by atoms with Crippen molar-refractivity contribution in [2.45, 2.75) is 44.4 Å². The highest BCUT2D eigenvalue weighted by molar-refractivity contribution is 4.83. The Hall–Kier alpha value is -0.160. The topological polar surface area (TPSA) is 41.7 Å². The van der Waals surface area contributed by atoms with Crippen molar-refractivity contribution in [2.24, 2.45) is 5.73 Å². The maximum absolute atomic E-state index is 5.93. The third kappa shape index (κ3) is 3.41. The molecule has 2 aliphatic heterocycles. The van der Waals surface area contributed by atoms with Gasteiger partial charge in [0.2, 0.25) is 0 Å². The van der Waals surface area contributed by atoms with Gasteiger partial charge < -0.3 is 15.4 Å². The van der Waals surface area contributed by atoms with Crippen LogP contribution in [0.4, 0.5) is 0 Å². The Morgan fingerprint density at radius 3 is 2.65 bits per heavy atom. The van der Waals surface area contributed by atoms with Crippen LogP contribution >= 0.6 is 0 Å². The molecule has 0 radical (unpaired) electrons. The van der Waals surface area contributed by atoms with Gasteiger partial charge in [-0.15, -0.1) is 0 Å². The Bertz CT molecular complexity index is 237. The van der Waals surface area contributed by atoms with E-state index in [1.54, 1.807) is 0 Å². The molecule has 0 amide bonds. The summed E-state index contributed by atoms with van der Waals surface area (Å²) in [5, 5.41) is 0. The Balaban J connectivity index is 1.76. The Kier molecular flexibility index (Phi) is 4.79. The monoisotopic (exact) mass is 241 g/mol. The molecule has 0 aliphatic carbocycles. The van der Waals surface area contributed by atoms with E-state index < -0.39 is 0 Å². The minimum Gasteiger partial charge on any atom is -0.372 e. The van der Waals surface area contributed by atoms with Gasteiger partial charge in [-0.1, -0.05) is 6.92 Å². The van der Waals surface area contributed by atoms with Crippen LogP contribution in [0.15, 0.2) is 0 Å². The lowest BCUT2D eigenvalue weighted by molar-refractivity contribution is 0.00734. The van der Waals surface area contributed by atoms with E-state index in [1.807, 2.05) is 0 Å². The molecule has 0 aromatic rings. The zero-order chi connectivity index (χ0) is 12.3. The number of likely N-dealkylation sites (N-methyl/N-ethyl adjacent to an activating group) is 1. The molecule has 2 rings (SSSR count). The Morgan fingerprint density at radius 2 is 2.00 bits per heavy atom. The van der Waals surface area contributed by atoms with Crippen molar-refractivity contribution < 1.29 is 4.74 Å². The van der Waals surface area contributed by atoms with Gasteiger partial charge in [0.05, 0.1) is 12.2 Å². The van der Waals surface area contributed by atoms with Crippen LogP contribution < -0.4 is 5.73 Å². The first-order valence-electron chi connectivity index (χ1n) is 7.01. The second-order valence-corrected chi connectivity index (χ2v) is 5.50. The molecule has 17 heavy (non-hydrogen) atoms. The highest BCUT2D eigenvalue weighted by Crippen LogP contribution is 2.21. The average molecular weight is 241 g/mol. The van der Waals surface area contributed by atoms with E-state index >= 15 is 0 Å². The smallest absolute Gasteiger partial charge is 0.0707 e. The molecule has 0 aromatic carbocycles. The molecule has 100 valence electrons. The summed E-state index contributed by atoms with van der Waals surface area (Å²) in [4.78, 5) is 5.05. The first kappa shape index (κ1) is 13.3. The molecule has 0 bridgehead atoms. The zero-order valence-electron chi connectivity index (χ0n) is 11.3. The quantitative estimate of drug-likeness (QED) is 0.779. The van der Waals surface area contributed by atoms with Crippen molar-refractivity contribution in [2.75, 3.05) is 39.8 Å². The molecule has 2 fully saturated rings. The van der Waals surface area contributed by atoms with E-state index in [9.17, 15) is 0 Å². The van der Waals surface area contributed by atoms with E-state index in [-0.39, 0.29) is 0 Å². The summed E-state index contributed by atoms with van der Waals surface area (Å²) in [6, 6.07) is 0.718. The molecule has 3 unspecified atom stereocenters. The number of rotatable bonds is 4. The lowest BCUT2D eigenvalue weighted by Gasteiger charge is -2.40. The molecular formula is C13H27N3O. The van der Waals surface area contributed by atoms with Gasteiger partial charge in [-0.3, -0.25) is 4.90 Å². The van der Waals surface area contributed by atoms with Crippen molar-refractivity contribution in [3.05, 3.63) is 0 Å². The first-order chi connectivity index (χ1) is 8.22. The lowest BCUT2D eigenvalue weighted by Crippen LogP contribution is -2.52. The van der Waals surface area contributed by atoms with Crippen LogP contribution in [0.1, 0.15) is 26.2 Å². The van der Waals surface area contributed by atoms with E-state index in [1.165, 1.54) is 32.5 Å². The fourth-order valence-corrected chi connectivity index (χ4v) is 2.99. The zero-order valence-corrected chi connectivity index (χ0v) is 11.3. The highest BCUT2D eigenvalue weighted by atomic mass is 16.5. The summed E-state index contributed by atoms with van der Waals surface area (Å²) in [7, 11) is 2.24. The van der Waals surface area contributed by atoms with E-state index in [2.05, 4.69) is 23.8 Å². The largest absolute Gasteiger partial charge is 0.372 e. The molecule has 0 saturated carbocycles. The van der Waals surface area contributed by atoms with Crippen LogP contribution in [0, 0.1) is 0 Å². The van der Waals surface area contributed by atoms with Crippen molar-refractivity contribution in [1.29, 1.82) is 0 Å². The predicted octanol–water partition coefficient (Wildman–Crippen LogP) is 0.519. The van der Waals surface area contributed by atoms with Crippen LogP contribution in [-0.2, 0) is 4.74 Å². The van der Waals surface area contributed by atoms with Crippen molar-refractivity contribution in [3.8, 4) is 0 Å². The molecule has 4 heteroatoms. The van der Waals surface area contributed by atoms with Gasteiger partial charge in [-0.2, -0.15) is 0 Å². The fraction of sp³-hybridized carbons (Fsp3) is 1.00. The fourth-order valence-electron chi connectivity index (χ4n) is 2.99. The van der Waals surface area contributed by atoms with Crippen LogP contribution in [0.25, 0.3) is 0 Å². The van der Waals surface area contributed by atoms with Gasteiger partial charge in [0.1, 0.15) is 0 Å². The second-order valence-electron chi connectivity index (χ2n) is 5.50.